The summed E-state index contributed by atoms with van der Waals surface area (Å²) in [6.45, 7) is 0. The van der Waals surface area contributed by atoms with Gasteiger partial charge >= 0.3 is 0 Å². The standard InChI is InChI=1S/C20H20N6O2/c1-28-18-9-7-17(8-10-18)25-12-16(23-24-25)11-19(26-14-21-13-22-26)20(27)15-5-3-2-4-6-15/h2-10,12-14,19-20,27H,11H2,1H3. The van der Waals surface area contributed by atoms with Gasteiger partial charge in [-0.3, -0.25) is 0 Å². The lowest BCUT2D eigenvalue weighted by molar-refractivity contribution is 0.105. The van der Waals surface area contributed by atoms with Crippen molar-refractivity contribution in [3.8, 4) is 11.4 Å². The number of benzene rings is 2. The third kappa shape index (κ3) is 3.77. The molecule has 2 heterocycles. The minimum Gasteiger partial charge on any atom is -0.497 e. The van der Waals surface area contributed by atoms with E-state index in [9.17, 15) is 5.11 Å². The highest BCUT2D eigenvalue weighted by Crippen LogP contribution is 2.28. The number of ether oxygens (including phenoxy) is 1. The first-order valence-electron chi connectivity index (χ1n) is 8.87. The highest BCUT2D eigenvalue weighted by atomic mass is 16.5. The molecule has 2 atom stereocenters. The lowest BCUT2D eigenvalue weighted by Crippen LogP contribution is -2.21. The van der Waals surface area contributed by atoms with Crippen molar-refractivity contribution in [3.05, 3.63) is 84.7 Å². The Hall–Kier alpha value is -3.52. The van der Waals surface area contributed by atoms with Crippen molar-refractivity contribution >= 4 is 0 Å². The Balaban J connectivity index is 1.58. The first-order chi connectivity index (χ1) is 13.7. The number of nitrogens with zero attached hydrogens (tertiary/aromatic N) is 6. The number of aromatic nitrogens is 6. The van der Waals surface area contributed by atoms with Crippen LogP contribution in [-0.2, 0) is 6.42 Å². The van der Waals surface area contributed by atoms with E-state index in [2.05, 4.69) is 20.4 Å². The van der Waals surface area contributed by atoms with E-state index < -0.39 is 6.10 Å². The van der Waals surface area contributed by atoms with Crippen LogP contribution >= 0.6 is 0 Å². The summed E-state index contributed by atoms with van der Waals surface area (Å²) in [6.07, 6.45) is 4.61. The molecular formula is C20H20N6O2. The Kier molecular flexibility index (Phi) is 5.11. The molecule has 0 bridgehead atoms. The zero-order chi connectivity index (χ0) is 19.3. The maximum absolute atomic E-state index is 10.9. The van der Waals surface area contributed by atoms with Crippen LogP contribution in [-0.4, -0.2) is 42.0 Å². The second-order valence-corrected chi connectivity index (χ2v) is 6.35. The molecule has 142 valence electrons. The number of rotatable bonds is 7. The molecule has 0 aliphatic rings. The molecule has 28 heavy (non-hydrogen) atoms. The molecule has 0 saturated heterocycles. The fraction of sp³-hybridized carbons (Fsp3) is 0.200. The molecule has 0 amide bonds. The monoisotopic (exact) mass is 376 g/mol. The Morgan fingerprint density at radius 1 is 1.07 bits per heavy atom. The Morgan fingerprint density at radius 3 is 2.54 bits per heavy atom. The second kappa shape index (κ2) is 8.01. The maximum Gasteiger partial charge on any atom is 0.137 e. The summed E-state index contributed by atoms with van der Waals surface area (Å²) in [5.41, 5.74) is 2.43. The number of hydrogen-bond donors (Lipinski definition) is 1. The molecule has 2 aromatic carbocycles. The molecule has 2 aromatic heterocycles. The number of methoxy groups -OCH3 is 1. The van der Waals surface area contributed by atoms with Crippen molar-refractivity contribution in [3.63, 3.8) is 0 Å². The van der Waals surface area contributed by atoms with E-state index in [1.165, 1.54) is 6.33 Å². The van der Waals surface area contributed by atoms with E-state index in [1.54, 1.807) is 22.8 Å². The zero-order valence-corrected chi connectivity index (χ0v) is 15.3. The van der Waals surface area contributed by atoms with E-state index in [0.29, 0.717) is 6.42 Å². The van der Waals surface area contributed by atoms with Gasteiger partial charge in [0, 0.05) is 6.42 Å². The van der Waals surface area contributed by atoms with Gasteiger partial charge in [0.1, 0.15) is 24.5 Å². The molecule has 0 aliphatic carbocycles. The molecule has 0 fully saturated rings. The topological polar surface area (TPSA) is 90.9 Å². The predicted molar refractivity (Wildman–Crippen MR) is 102 cm³/mol. The molecule has 8 nitrogen and oxygen atoms in total. The van der Waals surface area contributed by atoms with Gasteiger partial charge in [-0.25, -0.2) is 14.3 Å². The smallest absolute Gasteiger partial charge is 0.137 e. The van der Waals surface area contributed by atoms with E-state index >= 15 is 0 Å². The molecule has 4 rings (SSSR count). The maximum atomic E-state index is 10.9. The van der Waals surface area contributed by atoms with E-state index in [4.69, 9.17) is 4.74 Å². The van der Waals surface area contributed by atoms with E-state index in [0.717, 1.165) is 22.7 Å². The fourth-order valence-electron chi connectivity index (χ4n) is 3.08. The average Bonchev–Trinajstić information content (AvgIpc) is 3.44. The summed E-state index contributed by atoms with van der Waals surface area (Å²) >= 11 is 0. The first-order valence-corrected chi connectivity index (χ1v) is 8.87. The Bertz CT molecular complexity index is 999. The van der Waals surface area contributed by atoms with Crippen LogP contribution in [0.1, 0.15) is 23.4 Å². The van der Waals surface area contributed by atoms with Crippen LogP contribution in [0.15, 0.2) is 73.4 Å². The summed E-state index contributed by atoms with van der Waals surface area (Å²) in [4.78, 5) is 4.02. The lowest BCUT2D eigenvalue weighted by atomic mass is 9.99. The van der Waals surface area contributed by atoms with Gasteiger partial charge in [-0.2, -0.15) is 5.10 Å². The second-order valence-electron chi connectivity index (χ2n) is 6.35. The minimum absolute atomic E-state index is 0.356. The zero-order valence-electron chi connectivity index (χ0n) is 15.3. The molecule has 2 unspecified atom stereocenters. The normalized spacial score (nSPS) is 13.2. The van der Waals surface area contributed by atoms with Crippen molar-refractivity contribution < 1.29 is 9.84 Å². The molecule has 0 aliphatic heterocycles. The molecular weight excluding hydrogens is 356 g/mol. The van der Waals surface area contributed by atoms with Crippen molar-refractivity contribution in [2.75, 3.05) is 7.11 Å². The molecule has 8 heteroatoms. The molecule has 0 radical (unpaired) electrons. The van der Waals surface area contributed by atoms with Gasteiger partial charge < -0.3 is 9.84 Å². The first kappa shape index (κ1) is 17.9. The highest BCUT2D eigenvalue weighted by Gasteiger charge is 2.25. The Morgan fingerprint density at radius 2 is 1.86 bits per heavy atom. The van der Waals surface area contributed by atoms with Gasteiger partial charge in [0.2, 0.25) is 0 Å². The van der Waals surface area contributed by atoms with Crippen LogP contribution < -0.4 is 4.74 Å². The largest absolute Gasteiger partial charge is 0.497 e. The average molecular weight is 376 g/mol. The quantitative estimate of drug-likeness (QED) is 0.533. The predicted octanol–water partition coefficient (Wildman–Crippen LogP) is 2.38. The SMILES string of the molecule is COc1ccc(-n2cc(CC(C(O)c3ccccc3)n3cncn3)nn2)cc1. The third-order valence-electron chi connectivity index (χ3n) is 4.58. The van der Waals surface area contributed by atoms with Gasteiger partial charge in [-0.1, -0.05) is 35.5 Å². The lowest BCUT2D eigenvalue weighted by Gasteiger charge is -2.22. The fourth-order valence-corrected chi connectivity index (χ4v) is 3.08. The van der Waals surface area contributed by atoms with Gasteiger partial charge in [-0.15, -0.1) is 5.10 Å². The van der Waals surface area contributed by atoms with Crippen molar-refractivity contribution in [2.45, 2.75) is 18.6 Å². The van der Waals surface area contributed by atoms with Crippen LogP contribution in [0.5, 0.6) is 5.75 Å². The number of hydrogen-bond acceptors (Lipinski definition) is 6. The molecule has 1 N–H and O–H groups in total. The number of aliphatic hydroxyl groups is 1. The summed E-state index contributed by atoms with van der Waals surface area (Å²) in [5, 5.41) is 23.6. The van der Waals surface area contributed by atoms with Crippen molar-refractivity contribution in [1.29, 1.82) is 0 Å². The van der Waals surface area contributed by atoms with Crippen LogP contribution in [0, 0.1) is 0 Å². The number of aliphatic hydroxyl groups excluding tert-OH is 1. The summed E-state index contributed by atoms with van der Waals surface area (Å²) in [5.74, 6) is 0.779. The van der Waals surface area contributed by atoms with E-state index in [-0.39, 0.29) is 6.04 Å². The van der Waals surface area contributed by atoms with Crippen molar-refractivity contribution in [2.24, 2.45) is 0 Å². The van der Waals surface area contributed by atoms with Gasteiger partial charge in [0.25, 0.3) is 0 Å². The van der Waals surface area contributed by atoms with Gasteiger partial charge in [0.15, 0.2) is 0 Å². The summed E-state index contributed by atoms with van der Waals surface area (Å²) < 4.78 is 8.54. The van der Waals surface area contributed by atoms with Gasteiger partial charge in [0.05, 0.1) is 30.7 Å². The third-order valence-corrected chi connectivity index (χ3v) is 4.58. The minimum atomic E-state index is -0.756. The van der Waals surface area contributed by atoms with E-state index in [1.807, 2.05) is 60.8 Å². The van der Waals surface area contributed by atoms with Crippen LogP contribution in [0.2, 0.25) is 0 Å². The molecule has 0 spiro atoms. The molecule has 4 aromatic rings. The van der Waals surface area contributed by atoms with Crippen LogP contribution in [0.25, 0.3) is 5.69 Å². The highest BCUT2D eigenvalue weighted by molar-refractivity contribution is 5.36. The summed E-state index contributed by atoms with van der Waals surface area (Å²) in [6, 6.07) is 16.7. The Labute approximate surface area is 162 Å². The van der Waals surface area contributed by atoms with Crippen LogP contribution in [0.4, 0.5) is 0 Å². The van der Waals surface area contributed by atoms with Gasteiger partial charge in [-0.05, 0) is 29.8 Å². The van der Waals surface area contributed by atoms with Crippen LogP contribution in [0.3, 0.4) is 0 Å². The molecule has 0 saturated carbocycles. The van der Waals surface area contributed by atoms with Crippen molar-refractivity contribution in [1.82, 2.24) is 29.8 Å². The summed E-state index contributed by atoms with van der Waals surface area (Å²) in [7, 11) is 1.63.